The Bertz CT molecular complexity index is 747. The summed E-state index contributed by atoms with van der Waals surface area (Å²) in [7, 11) is 1.56. The SMILES string of the molecule is COCCOC(=O)c1c(C)nc2cc3c(cc2c1C)OCO3.Cl. The zero-order chi connectivity index (χ0) is 15.7. The lowest BCUT2D eigenvalue weighted by Crippen LogP contribution is -2.13. The fourth-order valence-electron chi connectivity index (χ4n) is 2.56. The standard InChI is InChI=1S/C16H17NO5.ClH/c1-9-11-6-13-14(22-8-21-13)7-12(11)17-10(2)15(9)16(18)20-5-4-19-3;/h6-7H,4-5,8H2,1-3H3;1H. The molecule has 0 saturated carbocycles. The van der Waals surface area contributed by atoms with Crippen molar-refractivity contribution in [1.82, 2.24) is 4.98 Å². The lowest BCUT2D eigenvalue weighted by molar-refractivity contribution is 0.0386. The summed E-state index contributed by atoms with van der Waals surface area (Å²) < 4.78 is 20.8. The molecule has 7 heteroatoms. The van der Waals surface area contributed by atoms with Crippen LogP contribution in [0, 0.1) is 13.8 Å². The molecule has 3 rings (SSSR count). The normalized spacial score (nSPS) is 12.1. The van der Waals surface area contributed by atoms with Gasteiger partial charge in [0.2, 0.25) is 6.79 Å². The first kappa shape index (κ1) is 17.3. The third kappa shape index (κ3) is 3.18. The van der Waals surface area contributed by atoms with Crippen molar-refractivity contribution >= 4 is 29.3 Å². The highest BCUT2D eigenvalue weighted by Gasteiger charge is 2.21. The zero-order valence-corrected chi connectivity index (χ0v) is 14.0. The molecule has 0 spiro atoms. The first-order valence-electron chi connectivity index (χ1n) is 6.98. The largest absolute Gasteiger partial charge is 0.460 e. The summed E-state index contributed by atoms with van der Waals surface area (Å²) in [6, 6.07) is 3.68. The molecule has 2 aromatic rings. The van der Waals surface area contributed by atoms with Gasteiger partial charge in [-0.05, 0) is 25.5 Å². The van der Waals surface area contributed by atoms with Crippen LogP contribution >= 0.6 is 12.4 Å². The quantitative estimate of drug-likeness (QED) is 0.630. The third-order valence-corrected chi connectivity index (χ3v) is 3.64. The Morgan fingerprint density at radius 3 is 2.61 bits per heavy atom. The van der Waals surface area contributed by atoms with Crippen molar-refractivity contribution in [3.8, 4) is 11.5 Å². The van der Waals surface area contributed by atoms with Crippen molar-refractivity contribution in [1.29, 1.82) is 0 Å². The van der Waals surface area contributed by atoms with E-state index >= 15 is 0 Å². The molecule has 23 heavy (non-hydrogen) atoms. The van der Waals surface area contributed by atoms with Crippen molar-refractivity contribution in [2.75, 3.05) is 27.1 Å². The molecule has 0 atom stereocenters. The predicted octanol–water partition coefficient (Wildman–Crippen LogP) is 2.81. The molecule has 6 nitrogen and oxygen atoms in total. The number of methoxy groups -OCH3 is 1. The van der Waals surface area contributed by atoms with E-state index in [1.54, 1.807) is 14.0 Å². The van der Waals surface area contributed by atoms with Crippen molar-refractivity contribution in [2.45, 2.75) is 13.8 Å². The molecule has 0 fully saturated rings. The van der Waals surface area contributed by atoms with Crippen molar-refractivity contribution < 1.29 is 23.7 Å². The molecule has 1 aliphatic rings. The highest BCUT2D eigenvalue weighted by atomic mass is 35.5. The molecule has 1 aliphatic heterocycles. The van der Waals surface area contributed by atoms with E-state index in [4.69, 9.17) is 18.9 Å². The van der Waals surface area contributed by atoms with Crippen LogP contribution in [0.25, 0.3) is 10.9 Å². The van der Waals surface area contributed by atoms with Crippen LogP contribution in [0.1, 0.15) is 21.6 Å². The Labute approximate surface area is 140 Å². The van der Waals surface area contributed by atoms with Gasteiger partial charge in [0.15, 0.2) is 11.5 Å². The summed E-state index contributed by atoms with van der Waals surface area (Å²) in [4.78, 5) is 16.8. The van der Waals surface area contributed by atoms with E-state index in [0.717, 1.165) is 16.5 Å². The number of fused-ring (bicyclic) bond motifs is 2. The molecule has 2 heterocycles. The Morgan fingerprint density at radius 1 is 1.22 bits per heavy atom. The number of ether oxygens (including phenoxy) is 4. The lowest BCUT2D eigenvalue weighted by Gasteiger charge is -2.12. The maximum absolute atomic E-state index is 12.3. The monoisotopic (exact) mass is 339 g/mol. The summed E-state index contributed by atoms with van der Waals surface area (Å²) in [6.45, 7) is 4.46. The second-order valence-corrected chi connectivity index (χ2v) is 5.05. The van der Waals surface area contributed by atoms with Crippen LogP contribution in [0.15, 0.2) is 12.1 Å². The molecule has 1 aromatic carbocycles. The first-order chi connectivity index (χ1) is 10.6. The van der Waals surface area contributed by atoms with E-state index in [0.29, 0.717) is 29.4 Å². The van der Waals surface area contributed by atoms with Crippen LogP contribution in [-0.2, 0) is 9.47 Å². The topological polar surface area (TPSA) is 66.9 Å². The molecule has 1 aromatic heterocycles. The van der Waals surface area contributed by atoms with Crippen LogP contribution in [-0.4, -0.2) is 38.1 Å². The smallest absolute Gasteiger partial charge is 0.340 e. The average Bonchev–Trinajstić information content (AvgIpc) is 2.93. The van der Waals surface area contributed by atoms with E-state index in [9.17, 15) is 4.79 Å². The van der Waals surface area contributed by atoms with E-state index in [1.807, 2.05) is 19.1 Å². The second-order valence-electron chi connectivity index (χ2n) is 5.05. The Kier molecular flexibility index (Phi) is 5.28. The molecule has 0 amide bonds. The van der Waals surface area contributed by atoms with Gasteiger partial charge in [-0.15, -0.1) is 12.4 Å². The molecule has 0 radical (unpaired) electrons. The number of nitrogens with zero attached hydrogens (tertiary/aromatic N) is 1. The van der Waals surface area contributed by atoms with Crippen LogP contribution < -0.4 is 9.47 Å². The maximum atomic E-state index is 12.3. The molecule has 0 aliphatic carbocycles. The summed E-state index contributed by atoms with van der Waals surface area (Å²) in [5.74, 6) is 0.952. The summed E-state index contributed by atoms with van der Waals surface area (Å²) in [6.07, 6.45) is 0. The number of carbonyl (C=O) groups is 1. The molecular formula is C16H18ClNO5. The number of rotatable bonds is 4. The number of benzene rings is 1. The highest BCUT2D eigenvalue weighted by molar-refractivity contribution is 5.99. The van der Waals surface area contributed by atoms with E-state index in [-0.39, 0.29) is 31.8 Å². The van der Waals surface area contributed by atoms with Crippen LogP contribution in [0.5, 0.6) is 11.5 Å². The van der Waals surface area contributed by atoms with Crippen LogP contribution in [0.2, 0.25) is 0 Å². The number of hydrogen-bond donors (Lipinski definition) is 0. The molecule has 0 saturated heterocycles. The Balaban J connectivity index is 0.00000192. The number of aryl methyl sites for hydroxylation is 2. The van der Waals surface area contributed by atoms with E-state index in [1.165, 1.54) is 0 Å². The Morgan fingerprint density at radius 2 is 1.91 bits per heavy atom. The van der Waals surface area contributed by atoms with Crippen LogP contribution in [0.4, 0.5) is 0 Å². The van der Waals surface area contributed by atoms with Gasteiger partial charge in [0.1, 0.15) is 6.61 Å². The van der Waals surface area contributed by atoms with Gasteiger partial charge in [-0.2, -0.15) is 0 Å². The number of aromatic nitrogens is 1. The number of pyridine rings is 1. The number of hydrogen-bond acceptors (Lipinski definition) is 6. The average molecular weight is 340 g/mol. The number of halogens is 1. The third-order valence-electron chi connectivity index (χ3n) is 3.64. The van der Waals surface area contributed by atoms with Gasteiger partial charge in [-0.1, -0.05) is 0 Å². The van der Waals surface area contributed by atoms with Gasteiger partial charge >= 0.3 is 5.97 Å². The van der Waals surface area contributed by atoms with Gasteiger partial charge in [0.25, 0.3) is 0 Å². The van der Waals surface area contributed by atoms with E-state index in [2.05, 4.69) is 4.98 Å². The summed E-state index contributed by atoms with van der Waals surface area (Å²) in [5.41, 5.74) is 2.71. The number of carbonyl (C=O) groups excluding carboxylic acids is 1. The van der Waals surface area contributed by atoms with Crippen molar-refractivity contribution in [3.63, 3.8) is 0 Å². The zero-order valence-electron chi connectivity index (χ0n) is 13.2. The second kappa shape index (κ2) is 7.02. The van der Waals surface area contributed by atoms with Gasteiger partial charge in [-0.3, -0.25) is 4.98 Å². The maximum Gasteiger partial charge on any atom is 0.340 e. The molecular weight excluding hydrogens is 322 g/mol. The van der Waals surface area contributed by atoms with Gasteiger partial charge in [0, 0.05) is 18.6 Å². The Hall–Kier alpha value is -2.05. The molecule has 0 unspecified atom stereocenters. The first-order valence-corrected chi connectivity index (χ1v) is 6.98. The van der Waals surface area contributed by atoms with Gasteiger partial charge < -0.3 is 18.9 Å². The van der Waals surface area contributed by atoms with Crippen molar-refractivity contribution in [3.05, 3.63) is 29.0 Å². The summed E-state index contributed by atoms with van der Waals surface area (Å²) in [5, 5.41) is 0.855. The predicted molar refractivity (Wildman–Crippen MR) is 86.7 cm³/mol. The summed E-state index contributed by atoms with van der Waals surface area (Å²) >= 11 is 0. The minimum Gasteiger partial charge on any atom is -0.460 e. The fourth-order valence-corrected chi connectivity index (χ4v) is 2.56. The molecule has 124 valence electrons. The molecule has 0 N–H and O–H groups in total. The van der Waals surface area contributed by atoms with Gasteiger partial charge in [-0.25, -0.2) is 4.79 Å². The van der Waals surface area contributed by atoms with Crippen molar-refractivity contribution in [2.24, 2.45) is 0 Å². The van der Waals surface area contributed by atoms with E-state index < -0.39 is 0 Å². The van der Waals surface area contributed by atoms with Gasteiger partial charge in [0.05, 0.1) is 23.4 Å². The number of esters is 1. The molecule has 0 bridgehead atoms. The van der Waals surface area contributed by atoms with Crippen LogP contribution in [0.3, 0.4) is 0 Å². The highest BCUT2D eigenvalue weighted by Crippen LogP contribution is 2.37. The lowest BCUT2D eigenvalue weighted by atomic mass is 10.0. The minimum absolute atomic E-state index is 0. The minimum atomic E-state index is -0.390. The fraction of sp³-hybridized carbons (Fsp3) is 0.375.